The van der Waals surface area contributed by atoms with Gasteiger partial charge >= 0.3 is 0 Å². The monoisotopic (exact) mass is 246 g/mol. The summed E-state index contributed by atoms with van der Waals surface area (Å²) in [5.74, 6) is 0.315. The summed E-state index contributed by atoms with van der Waals surface area (Å²) in [6.45, 7) is 2.25. The smallest absolute Gasteiger partial charge is 0.277 e. The van der Waals surface area contributed by atoms with Crippen LogP contribution in [0.2, 0.25) is 0 Å². The first-order valence-electron chi connectivity index (χ1n) is 5.51. The predicted molar refractivity (Wildman–Crippen MR) is 66.3 cm³/mol. The van der Waals surface area contributed by atoms with Gasteiger partial charge in [0.15, 0.2) is 5.69 Å². The van der Waals surface area contributed by atoms with Crippen molar-refractivity contribution in [1.82, 2.24) is 5.16 Å². The maximum Gasteiger partial charge on any atom is 0.277 e. The lowest BCUT2D eigenvalue weighted by Crippen LogP contribution is -2.12. The molecule has 0 saturated heterocycles. The molecule has 94 valence electrons. The maximum atomic E-state index is 11.8. The Hall–Kier alpha value is -2.14. The zero-order valence-electron chi connectivity index (χ0n) is 10.3. The average molecular weight is 246 g/mol. The zero-order chi connectivity index (χ0) is 13.0. The van der Waals surface area contributed by atoms with Crippen molar-refractivity contribution < 1.29 is 14.1 Å². The highest BCUT2D eigenvalue weighted by Gasteiger charge is 2.11. The van der Waals surface area contributed by atoms with Gasteiger partial charge in [-0.3, -0.25) is 4.79 Å². The first-order valence-corrected chi connectivity index (χ1v) is 5.51. The number of benzene rings is 1. The van der Waals surface area contributed by atoms with Crippen LogP contribution in [-0.2, 0) is 11.3 Å². The van der Waals surface area contributed by atoms with E-state index in [1.165, 1.54) is 0 Å². The van der Waals surface area contributed by atoms with Crippen molar-refractivity contribution >= 4 is 11.6 Å². The van der Waals surface area contributed by atoms with E-state index >= 15 is 0 Å². The fraction of sp³-hybridized carbons (Fsp3) is 0.231. The number of methoxy groups -OCH3 is 1. The molecule has 2 rings (SSSR count). The molecule has 5 heteroatoms. The van der Waals surface area contributed by atoms with Gasteiger partial charge in [0.25, 0.3) is 5.91 Å². The van der Waals surface area contributed by atoms with Crippen LogP contribution in [0.1, 0.15) is 21.8 Å². The number of hydrogen-bond acceptors (Lipinski definition) is 4. The lowest BCUT2D eigenvalue weighted by molar-refractivity contribution is 0.101. The molecule has 2 aromatic rings. The van der Waals surface area contributed by atoms with Gasteiger partial charge < -0.3 is 14.6 Å². The van der Waals surface area contributed by atoms with Gasteiger partial charge in [-0.1, -0.05) is 17.3 Å². The van der Waals surface area contributed by atoms with Crippen molar-refractivity contribution in [2.24, 2.45) is 0 Å². The number of aromatic nitrogens is 1. The van der Waals surface area contributed by atoms with Gasteiger partial charge in [-0.15, -0.1) is 0 Å². The first kappa shape index (κ1) is 12.3. The maximum absolute atomic E-state index is 11.8. The zero-order valence-corrected chi connectivity index (χ0v) is 10.3. The Bertz CT molecular complexity index is 549. The second-order valence-electron chi connectivity index (χ2n) is 3.91. The Balaban J connectivity index is 2.09. The summed E-state index contributed by atoms with van der Waals surface area (Å²) in [7, 11) is 1.63. The normalized spacial score (nSPS) is 10.3. The van der Waals surface area contributed by atoms with Crippen LogP contribution in [0.25, 0.3) is 0 Å². The molecule has 0 unspecified atom stereocenters. The summed E-state index contributed by atoms with van der Waals surface area (Å²) in [6, 6.07) is 9.05. The molecule has 0 bridgehead atoms. The van der Waals surface area contributed by atoms with Crippen molar-refractivity contribution in [2.75, 3.05) is 12.4 Å². The van der Waals surface area contributed by atoms with E-state index in [1.54, 1.807) is 20.1 Å². The molecular weight excluding hydrogens is 232 g/mol. The number of hydrogen-bond donors (Lipinski definition) is 1. The van der Waals surface area contributed by atoms with Gasteiger partial charge in [0, 0.05) is 18.9 Å². The summed E-state index contributed by atoms with van der Waals surface area (Å²) in [5, 5.41) is 6.41. The Morgan fingerprint density at radius 3 is 2.94 bits per heavy atom. The highest BCUT2D eigenvalue weighted by Crippen LogP contribution is 2.13. The lowest BCUT2D eigenvalue weighted by atomic mass is 10.2. The largest absolute Gasteiger partial charge is 0.380 e. The number of rotatable bonds is 4. The second-order valence-corrected chi connectivity index (χ2v) is 3.91. The molecular formula is C13H14N2O3. The molecule has 0 atom stereocenters. The molecule has 5 nitrogen and oxygen atoms in total. The van der Waals surface area contributed by atoms with Gasteiger partial charge in [0.05, 0.1) is 6.61 Å². The number of ether oxygens (including phenoxy) is 1. The van der Waals surface area contributed by atoms with Gasteiger partial charge in [-0.2, -0.15) is 0 Å². The van der Waals surface area contributed by atoms with Gasteiger partial charge in [-0.25, -0.2) is 0 Å². The van der Waals surface area contributed by atoms with Crippen molar-refractivity contribution in [3.05, 3.63) is 47.3 Å². The molecule has 0 saturated carbocycles. The fourth-order valence-corrected chi connectivity index (χ4v) is 1.57. The van der Waals surface area contributed by atoms with E-state index in [4.69, 9.17) is 9.26 Å². The molecule has 0 spiro atoms. The lowest BCUT2D eigenvalue weighted by Gasteiger charge is -2.05. The second kappa shape index (κ2) is 5.46. The van der Waals surface area contributed by atoms with E-state index in [0.717, 1.165) is 5.56 Å². The van der Waals surface area contributed by atoms with Crippen LogP contribution in [-0.4, -0.2) is 18.2 Å². The summed E-state index contributed by atoms with van der Waals surface area (Å²) < 4.78 is 9.89. The Labute approximate surface area is 105 Å². The Morgan fingerprint density at radius 1 is 1.44 bits per heavy atom. The third-order valence-corrected chi connectivity index (χ3v) is 2.36. The molecule has 0 fully saturated rings. The van der Waals surface area contributed by atoms with E-state index in [-0.39, 0.29) is 11.6 Å². The minimum Gasteiger partial charge on any atom is -0.380 e. The van der Waals surface area contributed by atoms with Crippen LogP contribution in [0.15, 0.2) is 34.9 Å². The predicted octanol–water partition coefficient (Wildman–Crippen LogP) is 2.38. The van der Waals surface area contributed by atoms with Crippen LogP contribution >= 0.6 is 0 Å². The van der Waals surface area contributed by atoms with Gasteiger partial charge in [0.1, 0.15) is 5.76 Å². The minimum absolute atomic E-state index is 0.268. The summed E-state index contributed by atoms with van der Waals surface area (Å²) in [5.41, 5.74) is 1.96. The summed E-state index contributed by atoms with van der Waals surface area (Å²) in [6.07, 6.45) is 0. The molecule has 18 heavy (non-hydrogen) atoms. The van der Waals surface area contributed by atoms with Crippen molar-refractivity contribution in [1.29, 1.82) is 0 Å². The van der Waals surface area contributed by atoms with E-state index in [2.05, 4.69) is 10.5 Å². The van der Waals surface area contributed by atoms with E-state index in [1.807, 2.05) is 24.3 Å². The van der Waals surface area contributed by atoms with Crippen LogP contribution in [0.3, 0.4) is 0 Å². The fourth-order valence-electron chi connectivity index (χ4n) is 1.57. The molecule has 1 N–H and O–H groups in total. The number of anilines is 1. The molecule has 0 aliphatic rings. The van der Waals surface area contributed by atoms with Crippen molar-refractivity contribution in [2.45, 2.75) is 13.5 Å². The van der Waals surface area contributed by atoms with Crippen molar-refractivity contribution in [3.63, 3.8) is 0 Å². The molecule has 1 aromatic carbocycles. The quantitative estimate of drug-likeness (QED) is 0.899. The molecule has 0 aliphatic carbocycles. The van der Waals surface area contributed by atoms with Crippen LogP contribution in [0, 0.1) is 6.92 Å². The first-order chi connectivity index (χ1) is 8.69. The average Bonchev–Trinajstić information content (AvgIpc) is 2.77. The van der Waals surface area contributed by atoms with Crippen LogP contribution in [0.5, 0.6) is 0 Å². The van der Waals surface area contributed by atoms with E-state index < -0.39 is 0 Å². The number of aryl methyl sites for hydroxylation is 1. The number of carbonyl (C=O) groups excluding carboxylic acids is 1. The van der Waals surface area contributed by atoms with E-state index in [9.17, 15) is 4.79 Å². The SMILES string of the molecule is COCc1cccc(NC(=O)c2cc(C)on2)c1. The summed E-state index contributed by atoms with van der Waals surface area (Å²) >= 11 is 0. The van der Waals surface area contributed by atoms with Crippen molar-refractivity contribution in [3.8, 4) is 0 Å². The van der Waals surface area contributed by atoms with Crippen LogP contribution in [0.4, 0.5) is 5.69 Å². The summed E-state index contributed by atoms with van der Waals surface area (Å²) in [4.78, 5) is 11.8. The molecule has 0 radical (unpaired) electrons. The molecule has 1 heterocycles. The number of carbonyl (C=O) groups is 1. The Morgan fingerprint density at radius 2 is 2.28 bits per heavy atom. The molecule has 1 amide bonds. The number of nitrogens with one attached hydrogen (secondary N) is 1. The third-order valence-electron chi connectivity index (χ3n) is 2.36. The highest BCUT2D eigenvalue weighted by molar-refractivity contribution is 6.02. The highest BCUT2D eigenvalue weighted by atomic mass is 16.5. The Kier molecular flexibility index (Phi) is 3.74. The minimum atomic E-state index is -0.290. The third kappa shape index (κ3) is 2.95. The number of nitrogens with zero attached hydrogens (tertiary/aromatic N) is 1. The molecule has 1 aromatic heterocycles. The topological polar surface area (TPSA) is 64.4 Å². The van der Waals surface area contributed by atoms with Gasteiger partial charge in [-0.05, 0) is 24.6 Å². The van der Waals surface area contributed by atoms with Gasteiger partial charge in [0.2, 0.25) is 0 Å². The molecule has 0 aliphatic heterocycles. The number of amides is 1. The van der Waals surface area contributed by atoms with E-state index in [0.29, 0.717) is 18.1 Å². The standard InChI is InChI=1S/C13H14N2O3/c1-9-6-12(15-18-9)13(16)14-11-5-3-4-10(7-11)8-17-2/h3-7H,8H2,1-2H3,(H,14,16). The van der Waals surface area contributed by atoms with Crippen LogP contribution < -0.4 is 5.32 Å².